The largest absolute Gasteiger partial charge is 0.508 e. The Kier molecular flexibility index (Phi) is 3.98. The van der Waals surface area contributed by atoms with Gasteiger partial charge in [-0.1, -0.05) is 30.3 Å². The van der Waals surface area contributed by atoms with E-state index in [0.29, 0.717) is 0 Å². The van der Waals surface area contributed by atoms with Crippen molar-refractivity contribution in [1.29, 1.82) is 0 Å². The van der Waals surface area contributed by atoms with Gasteiger partial charge < -0.3 is 14.4 Å². The Hall–Kier alpha value is -3.79. The zero-order valence-electron chi connectivity index (χ0n) is 16.3. The van der Waals surface area contributed by atoms with E-state index >= 15 is 0 Å². The molecular formula is C25H20N2O2. The normalized spacial score (nSPS) is 11.2. The van der Waals surface area contributed by atoms with Gasteiger partial charge in [-0.25, -0.2) is 0 Å². The van der Waals surface area contributed by atoms with E-state index in [-0.39, 0.29) is 5.75 Å². The molecule has 0 spiro atoms. The van der Waals surface area contributed by atoms with Gasteiger partial charge in [-0.05, 0) is 55.0 Å². The maximum Gasteiger partial charge on any atom is 0.127 e. The van der Waals surface area contributed by atoms with Crippen LogP contribution >= 0.6 is 0 Å². The molecule has 2 heterocycles. The summed E-state index contributed by atoms with van der Waals surface area (Å²) in [6, 6.07) is 23.3. The van der Waals surface area contributed by atoms with Gasteiger partial charge in [0.1, 0.15) is 17.2 Å². The zero-order valence-corrected chi connectivity index (χ0v) is 16.3. The van der Waals surface area contributed by atoms with Gasteiger partial charge in [-0.15, -0.1) is 0 Å². The number of ether oxygens (including phenoxy) is 1. The molecule has 0 saturated heterocycles. The summed E-state index contributed by atoms with van der Waals surface area (Å²) in [6.07, 6.45) is 1.82. The molecule has 5 aromatic rings. The van der Waals surface area contributed by atoms with Crippen molar-refractivity contribution in [3.05, 3.63) is 84.7 Å². The molecule has 0 fully saturated rings. The number of nitrogens with zero attached hydrogens (tertiary/aromatic N) is 2. The summed E-state index contributed by atoms with van der Waals surface area (Å²) in [5.41, 5.74) is 5.12. The van der Waals surface area contributed by atoms with Crippen LogP contribution in [0.3, 0.4) is 0 Å². The predicted octanol–water partition coefficient (Wildman–Crippen LogP) is 6.20. The second-order valence-electron chi connectivity index (χ2n) is 7.18. The van der Waals surface area contributed by atoms with Crippen molar-refractivity contribution in [2.45, 2.75) is 6.92 Å². The average Bonchev–Trinajstić information content (AvgIpc) is 3.02. The highest BCUT2D eigenvalue weighted by Crippen LogP contribution is 2.39. The number of hydrogen-bond donors (Lipinski definition) is 1. The Morgan fingerprint density at radius 2 is 1.55 bits per heavy atom. The first-order valence-corrected chi connectivity index (χ1v) is 9.52. The Morgan fingerprint density at radius 1 is 0.828 bits per heavy atom. The first-order chi connectivity index (χ1) is 14.1. The van der Waals surface area contributed by atoms with Crippen LogP contribution in [0.15, 0.2) is 79.0 Å². The molecule has 0 amide bonds. The van der Waals surface area contributed by atoms with Gasteiger partial charge in [0.25, 0.3) is 0 Å². The number of phenols is 1. The lowest BCUT2D eigenvalue weighted by atomic mass is 10.0. The van der Waals surface area contributed by atoms with Crippen LogP contribution in [0.5, 0.6) is 17.2 Å². The van der Waals surface area contributed by atoms with Crippen molar-refractivity contribution >= 4 is 21.8 Å². The van der Waals surface area contributed by atoms with Crippen LogP contribution in [0, 0.1) is 6.92 Å². The topological polar surface area (TPSA) is 47.3 Å². The van der Waals surface area contributed by atoms with Gasteiger partial charge in [-0.2, -0.15) is 0 Å². The SMILES string of the molecule is Cc1nccc2c3cc(O)cc(-c4ccc(Oc5ccccc5)cc4)c3n(C)c12. The second-order valence-corrected chi connectivity index (χ2v) is 7.18. The molecule has 29 heavy (non-hydrogen) atoms. The summed E-state index contributed by atoms with van der Waals surface area (Å²) in [6.45, 7) is 2.01. The first-order valence-electron chi connectivity index (χ1n) is 9.52. The molecule has 0 aliphatic carbocycles. The van der Waals surface area contributed by atoms with Crippen molar-refractivity contribution in [2.24, 2.45) is 7.05 Å². The van der Waals surface area contributed by atoms with Gasteiger partial charge in [0, 0.05) is 29.6 Å². The smallest absolute Gasteiger partial charge is 0.127 e. The van der Waals surface area contributed by atoms with E-state index in [2.05, 4.69) is 9.55 Å². The molecule has 0 bridgehead atoms. The van der Waals surface area contributed by atoms with Crippen LogP contribution < -0.4 is 4.74 Å². The van der Waals surface area contributed by atoms with Crippen molar-refractivity contribution in [1.82, 2.24) is 9.55 Å². The Labute approximate surface area is 168 Å². The minimum absolute atomic E-state index is 0.249. The fourth-order valence-electron chi connectivity index (χ4n) is 4.04. The lowest BCUT2D eigenvalue weighted by molar-refractivity contribution is 0.476. The number of hydrogen-bond acceptors (Lipinski definition) is 3. The minimum Gasteiger partial charge on any atom is -0.508 e. The van der Waals surface area contributed by atoms with E-state index in [1.807, 2.05) is 93.0 Å². The second kappa shape index (κ2) is 6.67. The van der Waals surface area contributed by atoms with Crippen molar-refractivity contribution in [3.8, 4) is 28.4 Å². The van der Waals surface area contributed by atoms with E-state index in [9.17, 15) is 5.11 Å². The van der Waals surface area contributed by atoms with Crippen molar-refractivity contribution < 1.29 is 9.84 Å². The number of para-hydroxylation sites is 1. The predicted molar refractivity (Wildman–Crippen MR) is 117 cm³/mol. The molecule has 1 N–H and O–H groups in total. The molecule has 3 aromatic carbocycles. The number of rotatable bonds is 3. The Balaban J connectivity index is 1.65. The van der Waals surface area contributed by atoms with Gasteiger partial charge in [0.15, 0.2) is 0 Å². The number of aryl methyl sites for hydroxylation is 2. The molecule has 142 valence electrons. The van der Waals surface area contributed by atoms with Crippen molar-refractivity contribution in [3.63, 3.8) is 0 Å². The molecular weight excluding hydrogens is 360 g/mol. The minimum atomic E-state index is 0.249. The van der Waals surface area contributed by atoms with Crippen LogP contribution in [-0.4, -0.2) is 14.7 Å². The van der Waals surface area contributed by atoms with Gasteiger partial charge in [0.2, 0.25) is 0 Å². The number of benzene rings is 3. The van der Waals surface area contributed by atoms with E-state index in [0.717, 1.165) is 50.1 Å². The Bertz CT molecular complexity index is 1340. The molecule has 0 atom stereocenters. The summed E-state index contributed by atoms with van der Waals surface area (Å²) in [4.78, 5) is 4.44. The molecule has 0 saturated carbocycles. The lowest BCUT2D eigenvalue weighted by Gasteiger charge is -2.10. The number of aromatic nitrogens is 2. The number of fused-ring (bicyclic) bond motifs is 3. The standard InChI is InChI=1S/C25H20N2O2/c1-16-24-21(12-13-26-16)23-15-18(28)14-22(25(23)27(24)2)17-8-10-20(11-9-17)29-19-6-4-3-5-7-19/h3-15,28H,1-2H3. The maximum absolute atomic E-state index is 10.4. The molecule has 4 nitrogen and oxygen atoms in total. The van der Waals surface area contributed by atoms with Gasteiger partial charge >= 0.3 is 0 Å². The molecule has 5 rings (SSSR count). The number of aromatic hydroxyl groups is 1. The van der Waals surface area contributed by atoms with Crippen LogP contribution in [0.1, 0.15) is 5.69 Å². The van der Waals surface area contributed by atoms with Crippen LogP contribution in [0.25, 0.3) is 32.9 Å². The third-order valence-electron chi connectivity index (χ3n) is 5.31. The molecule has 2 aromatic heterocycles. The highest BCUT2D eigenvalue weighted by Gasteiger charge is 2.16. The molecule has 0 radical (unpaired) electrons. The molecule has 0 aliphatic heterocycles. The average molecular weight is 380 g/mol. The van der Waals surface area contributed by atoms with Crippen LogP contribution in [-0.2, 0) is 7.05 Å². The number of pyridine rings is 1. The lowest BCUT2D eigenvalue weighted by Crippen LogP contribution is -1.93. The number of phenolic OH excluding ortho intramolecular Hbond substituents is 1. The maximum atomic E-state index is 10.4. The van der Waals surface area contributed by atoms with E-state index in [4.69, 9.17) is 4.74 Å². The molecule has 0 unspecified atom stereocenters. The summed E-state index contributed by atoms with van der Waals surface area (Å²) in [7, 11) is 2.05. The summed E-state index contributed by atoms with van der Waals surface area (Å²) >= 11 is 0. The van der Waals surface area contributed by atoms with E-state index in [1.54, 1.807) is 0 Å². The summed E-state index contributed by atoms with van der Waals surface area (Å²) in [5, 5.41) is 12.5. The fourth-order valence-corrected chi connectivity index (χ4v) is 4.04. The molecule has 0 aliphatic rings. The fraction of sp³-hybridized carbons (Fsp3) is 0.0800. The highest BCUT2D eigenvalue weighted by atomic mass is 16.5. The van der Waals surface area contributed by atoms with E-state index < -0.39 is 0 Å². The highest BCUT2D eigenvalue weighted by molar-refractivity contribution is 6.13. The van der Waals surface area contributed by atoms with Gasteiger partial charge in [-0.3, -0.25) is 4.98 Å². The van der Waals surface area contributed by atoms with Crippen molar-refractivity contribution in [2.75, 3.05) is 0 Å². The third-order valence-corrected chi connectivity index (χ3v) is 5.31. The van der Waals surface area contributed by atoms with Gasteiger partial charge in [0.05, 0.1) is 16.7 Å². The first kappa shape index (κ1) is 17.3. The van der Waals surface area contributed by atoms with Crippen LogP contribution in [0.4, 0.5) is 0 Å². The van der Waals surface area contributed by atoms with Crippen LogP contribution in [0.2, 0.25) is 0 Å². The summed E-state index contributed by atoms with van der Waals surface area (Å²) < 4.78 is 8.07. The Morgan fingerprint density at radius 3 is 2.31 bits per heavy atom. The van der Waals surface area contributed by atoms with E-state index in [1.165, 1.54) is 0 Å². The molecule has 4 heteroatoms. The zero-order chi connectivity index (χ0) is 20.0. The third kappa shape index (κ3) is 2.90. The monoisotopic (exact) mass is 380 g/mol. The summed E-state index contributed by atoms with van der Waals surface area (Å²) in [5.74, 6) is 1.82. The quantitative estimate of drug-likeness (QED) is 0.405.